The van der Waals surface area contributed by atoms with Crippen LogP contribution in [0.3, 0.4) is 0 Å². The van der Waals surface area contributed by atoms with Gasteiger partial charge >= 0.3 is 0 Å². The van der Waals surface area contributed by atoms with Crippen molar-refractivity contribution in [3.05, 3.63) is 59.7 Å². The highest BCUT2D eigenvalue weighted by Crippen LogP contribution is 2.25. The maximum Gasteiger partial charge on any atom is 0.232 e. The van der Waals surface area contributed by atoms with E-state index in [1.165, 1.54) is 10.6 Å². The third kappa shape index (κ3) is 3.18. The number of hydrogen-bond donors (Lipinski definition) is 0. The summed E-state index contributed by atoms with van der Waals surface area (Å²) in [5.41, 5.74) is 2.80. The van der Waals surface area contributed by atoms with Gasteiger partial charge in [-0.1, -0.05) is 11.2 Å². The highest BCUT2D eigenvalue weighted by Gasteiger charge is 2.22. The van der Waals surface area contributed by atoms with E-state index in [9.17, 15) is 8.42 Å². The second-order valence-corrected chi connectivity index (χ2v) is 7.45. The largest absolute Gasteiger partial charge is 0.361 e. The molecule has 7 nitrogen and oxygen atoms in total. The Labute approximate surface area is 140 Å². The maximum atomic E-state index is 12.3. The van der Waals surface area contributed by atoms with Crippen LogP contribution < -0.4 is 4.31 Å². The molecule has 0 N–H and O–H groups in total. The third-order valence-electron chi connectivity index (χ3n) is 3.77. The maximum absolute atomic E-state index is 12.3. The molecule has 3 aromatic rings. The molecular formula is C16H18N4O3S. The van der Waals surface area contributed by atoms with E-state index in [1.54, 1.807) is 49.1 Å². The molecule has 0 fully saturated rings. The Hall–Kier alpha value is -2.61. The van der Waals surface area contributed by atoms with Gasteiger partial charge in [0.2, 0.25) is 10.0 Å². The molecule has 126 valence electrons. The van der Waals surface area contributed by atoms with Crippen molar-refractivity contribution in [1.29, 1.82) is 0 Å². The third-order valence-corrected chi connectivity index (χ3v) is 4.91. The van der Waals surface area contributed by atoms with E-state index in [2.05, 4.69) is 10.3 Å². The monoisotopic (exact) mass is 346 g/mol. The summed E-state index contributed by atoms with van der Waals surface area (Å²) in [6.07, 6.45) is 4.66. The number of aromatic nitrogens is 3. The van der Waals surface area contributed by atoms with Crippen LogP contribution in [-0.4, -0.2) is 29.6 Å². The van der Waals surface area contributed by atoms with Crippen LogP contribution in [0, 0.1) is 13.8 Å². The number of benzene rings is 1. The van der Waals surface area contributed by atoms with Gasteiger partial charge in [0, 0.05) is 18.0 Å². The molecule has 2 heterocycles. The molecule has 2 aromatic heterocycles. The number of hydrogen-bond acceptors (Lipinski definition) is 5. The predicted molar refractivity (Wildman–Crippen MR) is 90.6 cm³/mol. The lowest BCUT2D eigenvalue weighted by molar-refractivity contribution is 0.392. The Balaban J connectivity index is 2.03. The summed E-state index contributed by atoms with van der Waals surface area (Å²) in [6.45, 7) is 3.74. The highest BCUT2D eigenvalue weighted by molar-refractivity contribution is 7.92. The smallest absolute Gasteiger partial charge is 0.232 e. The average Bonchev–Trinajstić information content (AvgIpc) is 3.16. The molecule has 0 aliphatic rings. The molecule has 0 unspecified atom stereocenters. The van der Waals surface area contributed by atoms with E-state index in [0.717, 1.165) is 11.3 Å². The molecule has 0 atom stereocenters. The number of anilines is 1. The quantitative estimate of drug-likeness (QED) is 0.709. The number of nitrogens with zero attached hydrogens (tertiary/aromatic N) is 4. The lowest BCUT2D eigenvalue weighted by Crippen LogP contribution is -2.29. The van der Waals surface area contributed by atoms with E-state index >= 15 is 0 Å². The van der Waals surface area contributed by atoms with Gasteiger partial charge in [0.25, 0.3) is 0 Å². The molecule has 3 rings (SSSR count). The van der Waals surface area contributed by atoms with Gasteiger partial charge in [0.1, 0.15) is 5.76 Å². The Morgan fingerprint density at radius 1 is 1.25 bits per heavy atom. The van der Waals surface area contributed by atoms with Crippen LogP contribution in [-0.2, 0) is 16.6 Å². The molecule has 1 aromatic carbocycles. The van der Waals surface area contributed by atoms with Crippen molar-refractivity contribution < 1.29 is 12.9 Å². The van der Waals surface area contributed by atoms with Gasteiger partial charge in [-0.15, -0.1) is 0 Å². The summed E-state index contributed by atoms with van der Waals surface area (Å²) in [5.74, 6) is 0.615. The zero-order chi connectivity index (χ0) is 17.3. The van der Waals surface area contributed by atoms with E-state index in [4.69, 9.17) is 4.52 Å². The molecule has 0 spiro atoms. The number of rotatable bonds is 5. The van der Waals surface area contributed by atoms with Gasteiger partial charge in [0.05, 0.1) is 29.9 Å². The Morgan fingerprint density at radius 2 is 2.04 bits per heavy atom. The van der Waals surface area contributed by atoms with Crippen molar-refractivity contribution >= 4 is 15.7 Å². The first-order chi connectivity index (χ1) is 11.4. The fraction of sp³-hybridized carbons (Fsp3) is 0.250. The minimum absolute atomic E-state index is 0.169. The molecule has 0 aliphatic carbocycles. The van der Waals surface area contributed by atoms with Gasteiger partial charge in [-0.3, -0.25) is 4.31 Å². The van der Waals surface area contributed by atoms with Crippen molar-refractivity contribution in [1.82, 2.24) is 14.9 Å². The first-order valence-electron chi connectivity index (χ1n) is 7.36. The average molecular weight is 346 g/mol. The Kier molecular flexibility index (Phi) is 4.15. The van der Waals surface area contributed by atoms with Gasteiger partial charge < -0.3 is 4.52 Å². The van der Waals surface area contributed by atoms with Crippen molar-refractivity contribution in [2.45, 2.75) is 20.4 Å². The predicted octanol–water partition coefficient (Wildman–Crippen LogP) is 2.44. The fourth-order valence-electron chi connectivity index (χ4n) is 2.48. The summed E-state index contributed by atoms with van der Waals surface area (Å²) >= 11 is 0. The topological polar surface area (TPSA) is 81.2 Å². The first kappa shape index (κ1) is 16.3. The van der Waals surface area contributed by atoms with Crippen LogP contribution in [0.1, 0.15) is 17.0 Å². The zero-order valence-corrected chi connectivity index (χ0v) is 14.5. The highest BCUT2D eigenvalue weighted by atomic mass is 32.2. The van der Waals surface area contributed by atoms with Crippen LogP contribution >= 0.6 is 0 Å². The standard InChI is InChI=1S/C16H18N4O3S/c1-12-16(13(2)23-18-12)11-20(24(3,21)22)15-7-4-6-14(10-15)19-9-5-8-17-19/h4-10H,11H2,1-3H3. The van der Waals surface area contributed by atoms with Crippen molar-refractivity contribution in [3.8, 4) is 5.69 Å². The van der Waals surface area contributed by atoms with E-state index < -0.39 is 10.0 Å². The Morgan fingerprint density at radius 3 is 2.62 bits per heavy atom. The van der Waals surface area contributed by atoms with Crippen molar-refractivity contribution in [2.24, 2.45) is 0 Å². The van der Waals surface area contributed by atoms with Crippen LogP contribution in [0.2, 0.25) is 0 Å². The molecule has 8 heteroatoms. The molecule has 0 saturated carbocycles. The van der Waals surface area contributed by atoms with E-state index in [0.29, 0.717) is 17.1 Å². The van der Waals surface area contributed by atoms with Crippen LogP contribution in [0.25, 0.3) is 5.69 Å². The molecule has 0 bridgehead atoms. The first-order valence-corrected chi connectivity index (χ1v) is 9.20. The summed E-state index contributed by atoms with van der Waals surface area (Å²) in [7, 11) is -3.48. The summed E-state index contributed by atoms with van der Waals surface area (Å²) in [4.78, 5) is 0. The molecule has 24 heavy (non-hydrogen) atoms. The van der Waals surface area contributed by atoms with Crippen molar-refractivity contribution in [3.63, 3.8) is 0 Å². The molecule has 0 amide bonds. The molecule has 0 radical (unpaired) electrons. The van der Waals surface area contributed by atoms with Gasteiger partial charge in [-0.2, -0.15) is 5.10 Å². The van der Waals surface area contributed by atoms with Gasteiger partial charge in [0.15, 0.2) is 0 Å². The molecule has 0 aliphatic heterocycles. The van der Waals surface area contributed by atoms with Gasteiger partial charge in [-0.25, -0.2) is 13.1 Å². The normalized spacial score (nSPS) is 11.6. The van der Waals surface area contributed by atoms with Gasteiger partial charge in [-0.05, 0) is 38.1 Å². The van der Waals surface area contributed by atoms with E-state index in [-0.39, 0.29) is 6.54 Å². The molecular weight excluding hydrogens is 328 g/mol. The lowest BCUT2D eigenvalue weighted by atomic mass is 10.2. The van der Waals surface area contributed by atoms with Crippen LogP contribution in [0.5, 0.6) is 0 Å². The van der Waals surface area contributed by atoms with E-state index in [1.807, 2.05) is 12.1 Å². The second-order valence-electron chi connectivity index (χ2n) is 5.54. The minimum Gasteiger partial charge on any atom is -0.361 e. The zero-order valence-electron chi connectivity index (χ0n) is 13.7. The van der Waals surface area contributed by atoms with Crippen LogP contribution in [0.4, 0.5) is 5.69 Å². The summed E-state index contributed by atoms with van der Waals surface area (Å²) in [6, 6.07) is 9.02. The second kappa shape index (κ2) is 6.12. The van der Waals surface area contributed by atoms with Crippen LogP contribution in [0.15, 0.2) is 47.2 Å². The molecule has 0 saturated heterocycles. The van der Waals surface area contributed by atoms with Crippen molar-refractivity contribution in [2.75, 3.05) is 10.6 Å². The summed E-state index contributed by atoms with van der Waals surface area (Å²) < 4.78 is 32.8. The lowest BCUT2D eigenvalue weighted by Gasteiger charge is -2.23. The fourth-order valence-corrected chi connectivity index (χ4v) is 3.34. The number of aryl methyl sites for hydroxylation is 2. The number of sulfonamides is 1. The Bertz CT molecular complexity index is 926. The summed E-state index contributed by atoms with van der Waals surface area (Å²) in [5, 5.41) is 8.07. The SMILES string of the molecule is Cc1noc(C)c1CN(c1cccc(-n2cccn2)c1)S(C)(=O)=O. The minimum atomic E-state index is -3.48.